The van der Waals surface area contributed by atoms with E-state index < -0.39 is 0 Å². The zero-order chi connectivity index (χ0) is 12.4. The average molecular weight is 296 g/mol. The normalized spacial score (nSPS) is 11.1. The molecule has 0 bridgehead atoms. The second kappa shape index (κ2) is 4.92. The number of carbonyl (C=O) groups is 1. The molecule has 0 aliphatic rings. The topological polar surface area (TPSA) is 42.2 Å². The first-order valence-electron chi connectivity index (χ1n) is 5.53. The van der Waals surface area contributed by atoms with Crippen molar-refractivity contribution in [2.24, 2.45) is 5.92 Å². The van der Waals surface area contributed by atoms with Gasteiger partial charge in [-0.25, -0.2) is 0 Å². The van der Waals surface area contributed by atoms with Crippen LogP contribution in [-0.4, -0.2) is 12.5 Å². The maximum Gasteiger partial charge on any atom is 0.287 e. The molecule has 0 aliphatic heterocycles. The fourth-order valence-corrected chi connectivity index (χ4v) is 1.89. The van der Waals surface area contributed by atoms with E-state index in [1.54, 1.807) is 6.07 Å². The Bertz CT molecular complexity index is 545. The van der Waals surface area contributed by atoms with Crippen molar-refractivity contribution in [3.8, 4) is 0 Å². The van der Waals surface area contributed by atoms with Crippen molar-refractivity contribution in [1.82, 2.24) is 5.32 Å². The molecule has 1 amide bonds. The Morgan fingerprint density at radius 3 is 2.88 bits per heavy atom. The minimum Gasteiger partial charge on any atom is -0.451 e. The lowest BCUT2D eigenvalue weighted by Crippen LogP contribution is -2.26. The van der Waals surface area contributed by atoms with E-state index in [0.717, 1.165) is 15.4 Å². The molecule has 17 heavy (non-hydrogen) atoms. The third kappa shape index (κ3) is 2.88. The second-order valence-electron chi connectivity index (χ2n) is 4.40. The fourth-order valence-electron chi connectivity index (χ4n) is 1.51. The quantitative estimate of drug-likeness (QED) is 0.940. The summed E-state index contributed by atoms with van der Waals surface area (Å²) in [6.45, 7) is 4.76. The Balaban J connectivity index is 2.21. The average Bonchev–Trinajstić information content (AvgIpc) is 2.68. The Morgan fingerprint density at radius 2 is 2.18 bits per heavy atom. The summed E-state index contributed by atoms with van der Waals surface area (Å²) in [5, 5.41) is 3.75. The van der Waals surface area contributed by atoms with Gasteiger partial charge in [0.2, 0.25) is 0 Å². The highest BCUT2D eigenvalue weighted by Gasteiger charge is 2.12. The summed E-state index contributed by atoms with van der Waals surface area (Å²) in [7, 11) is 0. The van der Waals surface area contributed by atoms with E-state index in [4.69, 9.17) is 4.42 Å². The van der Waals surface area contributed by atoms with Crippen LogP contribution in [0.15, 0.2) is 33.2 Å². The highest BCUT2D eigenvalue weighted by molar-refractivity contribution is 9.10. The molecule has 0 aliphatic carbocycles. The van der Waals surface area contributed by atoms with Crippen LogP contribution in [0.2, 0.25) is 0 Å². The highest BCUT2D eigenvalue weighted by atomic mass is 79.9. The van der Waals surface area contributed by atoms with Crippen molar-refractivity contribution < 1.29 is 9.21 Å². The van der Waals surface area contributed by atoms with E-state index in [-0.39, 0.29) is 5.91 Å². The molecular weight excluding hydrogens is 282 g/mol. The molecule has 0 atom stereocenters. The number of nitrogens with one attached hydrogen (secondary N) is 1. The van der Waals surface area contributed by atoms with Crippen LogP contribution in [0, 0.1) is 5.92 Å². The van der Waals surface area contributed by atoms with E-state index >= 15 is 0 Å². The van der Waals surface area contributed by atoms with Gasteiger partial charge in [0.05, 0.1) is 0 Å². The van der Waals surface area contributed by atoms with Crippen LogP contribution in [0.5, 0.6) is 0 Å². The van der Waals surface area contributed by atoms with Gasteiger partial charge in [-0.3, -0.25) is 4.79 Å². The van der Waals surface area contributed by atoms with Crippen molar-refractivity contribution in [1.29, 1.82) is 0 Å². The molecule has 0 spiro atoms. The number of hydrogen-bond donors (Lipinski definition) is 1. The van der Waals surface area contributed by atoms with Crippen molar-refractivity contribution in [3.63, 3.8) is 0 Å². The number of fused-ring (bicyclic) bond motifs is 1. The van der Waals surface area contributed by atoms with Gasteiger partial charge in [0, 0.05) is 16.4 Å². The third-order valence-electron chi connectivity index (χ3n) is 2.37. The second-order valence-corrected chi connectivity index (χ2v) is 5.31. The maximum atomic E-state index is 11.8. The third-order valence-corrected chi connectivity index (χ3v) is 2.87. The zero-order valence-corrected chi connectivity index (χ0v) is 11.4. The molecular formula is C13H14BrNO2. The molecule has 4 heteroatoms. The molecule has 3 nitrogen and oxygen atoms in total. The zero-order valence-electron chi connectivity index (χ0n) is 9.79. The van der Waals surface area contributed by atoms with Crippen LogP contribution in [0.4, 0.5) is 0 Å². The van der Waals surface area contributed by atoms with Crippen LogP contribution >= 0.6 is 15.9 Å². The van der Waals surface area contributed by atoms with Gasteiger partial charge in [-0.1, -0.05) is 29.8 Å². The van der Waals surface area contributed by atoms with E-state index in [2.05, 4.69) is 35.1 Å². The molecule has 0 radical (unpaired) electrons. The lowest BCUT2D eigenvalue weighted by atomic mass is 10.2. The first-order valence-corrected chi connectivity index (χ1v) is 6.33. The molecule has 0 fully saturated rings. The van der Waals surface area contributed by atoms with E-state index in [0.29, 0.717) is 18.2 Å². The van der Waals surface area contributed by atoms with Crippen LogP contribution in [0.3, 0.4) is 0 Å². The Morgan fingerprint density at radius 1 is 1.41 bits per heavy atom. The Kier molecular flexibility index (Phi) is 3.52. The summed E-state index contributed by atoms with van der Waals surface area (Å²) in [4.78, 5) is 11.8. The molecule has 2 aromatic rings. The molecule has 90 valence electrons. The number of benzene rings is 1. The molecule has 1 aromatic carbocycles. The van der Waals surface area contributed by atoms with Gasteiger partial charge in [0.1, 0.15) is 5.58 Å². The summed E-state index contributed by atoms with van der Waals surface area (Å²) in [6.07, 6.45) is 0. The molecule has 0 saturated carbocycles. The number of halogens is 1. The predicted octanol–water partition coefficient (Wildman–Crippen LogP) is 3.58. The van der Waals surface area contributed by atoms with Crippen LogP contribution < -0.4 is 5.32 Å². The molecule has 1 aromatic heterocycles. The SMILES string of the molecule is CC(C)CNC(=O)c1cc2cc(Br)ccc2o1. The number of rotatable bonds is 3. The maximum absolute atomic E-state index is 11.8. The molecule has 1 heterocycles. The number of hydrogen-bond acceptors (Lipinski definition) is 2. The Hall–Kier alpha value is -1.29. The largest absolute Gasteiger partial charge is 0.451 e. The Labute approximate surface area is 108 Å². The van der Waals surface area contributed by atoms with Crippen molar-refractivity contribution in [2.75, 3.05) is 6.54 Å². The van der Waals surface area contributed by atoms with Crippen molar-refractivity contribution >= 4 is 32.8 Å². The van der Waals surface area contributed by atoms with Gasteiger partial charge in [-0.15, -0.1) is 0 Å². The lowest BCUT2D eigenvalue weighted by molar-refractivity contribution is 0.0923. The fraction of sp³-hybridized carbons (Fsp3) is 0.308. The monoisotopic (exact) mass is 295 g/mol. The summed E-state index contributed by atoms with van der Waals surface area (Å²) in [5.74, 6) is 0.627. The van der Waals surface area contributed by atoms with Gasteiger partial charge in [0.25, 0.3) is 5.91 Å². The van der Waals surface area contributed by atoms with Crippen molar-refractivity contribution in [2.45, 2.75) is 13.8 Å². The van der Waals surface area contributed by atoms with Gasteiger partial charge in [0.15, 0.2) is 5.76 Å². The standard InChI is InChI=1S/C13H14BrNO2/c1-8(2)7-15-13(16)12-6-9-5-10(14)3-4-11(9)17-12/h3-6,8H,7H2,1-2H3,(H,15,16). The molecule has 1 N–H and O–H groups in total. The van der Waals surface area contributed by atoms with Crippen LogP contribution in [0.25, 0.3) is 11.0 Å². The molecule has 2 rings (SSSR count). The predicted molar refractivity (Wildman–Crippen MR) is 71.1 cm³/mol. The first-order chi connectivity index (χ1) is 8.06. The van der Waals surface area contributed by atoms with Gasteiger partial charge in [-0.2, -0.15) is 0 Å². The summed E-state index contributed by atoms with van der Waals surface area (Å²) in [5.41, 5.74) is 0.725. The summed E-state index contributed by atoms with van der Waals surface area (Å²) in [6, 6.07) is 7.42. The lowest BCUT2D eigenvalue weighted by Gasteiger charge is -2.04. The van der Waals surface area contributed by atoms with Gasteiger partial charge >= 0.3 is 0 Å². The number of carbonyl (C=O) groups excluding carboxylic acids is 1. The van der Waals surface area contributed by atoms with Gasteiger partial charge < -0.3 is 9.73 Å². The van der Waals surface area contributed by atoms with Crippen LogP contribution in [0.1, 0.15) is 24.4 Å². The number of furan rings is 1. The smallest absolute Gasteiger partial charge is 0.287 e. The molecule has 0 saturated heterocycles. The molecule has 0 unspecified atom stereocenters. The minimum atomic E-state index is -0.161. The number of amides is 1. The van der Waals surface area contributed by atoms with E-state index in [1.807, 2.05) is 18.2 Å². The van der Waals surface area contributed by atoms with Crippen LogP contribution in [-0.2, 0) is 0 Å². The van der Waals surface area contributed by atoms with Crippen molar-refractivity contribution in [3.05, 3.63) is 34.5 Å². The summed E-state index contributed by atoms with van der Waals surface area (Å²) < 4.78 is 6.46. The van der Waals surface area contributed by atoms with E-state index in [9.17, 15) is 4.79 Å². The highest BCUT2D eigenvalue weighted by Crippen LogP contribution is 2.23. The summed E-state index contributed by atoms with van der Waals surface area (Å²) >= 11 is 3.39. The minimum absolute atomic E-state index is 0.161. The van der Waals surface area contributed by atoms with Gasteiger partial charge in [-0.05, 0) is 30.2 Å². The van der Waals surface area contributed by atoms with E-state index in [1.165, 1.54) is 0 Å². The first kappa shape index (κ1) is 12.2.